The molecule has 2 N–H and O–H groups in total. The summed E-state index contributed by atoms with van der Waals surface area (Å²) in [5.41, 5.74) is 4.89. The van der Waals surface area contributed by atoms with Gasteiger partial charge in [0.05, 0.1) is 6.61 Å². The molecular weight excluding hydrogens is 489 g/mol. The van der Waals surface area contributed by atoms with Crippen molar-refractivity contribution in [2.75, 3.05) is 39.3 Å². The molecule has 0 aliphatic carbocycles. The van der Waals surface area contributed by atoms with Gasteiger partial charge in [-0.2, -0.15) is 0 Å². The summed E-state index contributed by atoms with van der Waals surface area (Å²) in [5, 5.41) is 6.49. The molecule has 5 nitrogen and oxygen atoms in total. The molecule has 0 atom stereocenters. The Hall–Kier alpha value is -3.06. The van der Waals surface area contributed by atoms with E-state index < -0.39 is 0 Å². The highest BCUT2D eigenvalue weighted by molar-refractivity contribution is 5.77. The number of likely N-dealkylation sites (tertiary alicyclic amines) is 1. The van der Waals surface area contributed by atoms with Gasteiger partial charge in [0, 0.05) is 26.2 Å². The summed E-state index contributed by atoms with van der Waals surface area (Å²) in [6.45, 7) is 6.34. The van der Waals surface area contributed by atoms with Gasteiger partial charge in [-0.25, -0.2) is 4.39 Å². The Bertz CT molecular complexity index is 1100. The van der Waals surface area contributed by atoms with Gasteiger partial charge in [0.1, 0.15) is 12.4 Å². The van der Waals surface area contributed by atoms with Gasteiger partial charge in [-0.15, -0.1) is 0 Å². The maximum atomic E-state index is 12.9. The van der Waals surface area contributed by atoms with Crippen molar-refractivity contribution < 1.29 is 13.9 Å². The van der Waals surface area contributed by atoms with Crippen LogP contribution in [0.4, 0.5) is 4.39 Å². The van der Waals surface area contributed by atoms with E-state index in [0.717, 1.165) is 44.0 Å². The number of carbonyl (C=O) groups excluding carboxylic acids is 1. The van der Waals surface area contributed by atoms with E-state index in [-0.39, 0.29) is 18.3 Å². The number of ether oxygens (including phenoxy) is 1. The molecule has 6 heteroatoms. The minimum absolute atomic E-state index is 0.00557. The summed E-state index contributed by atoms with van der Waals surface area (Å²) in [5.74, 6) is 0.411. The monoisotopic (exact) mass is 531 g/mol. The van der Waals surface area contributed by atoms with E-state index in [9.17, 15) is 9.18 Å². The standard InChI is InChI=1S/C33H42FN3O2/c34-32-14-12-31(13-15-32)25-39-26-33(38)36-18-4-7-27-8-10-30(11-9-27)24-35-19-22-37-20-16-29(17-21-37)23-28-5-2-1-3-6-28/h1-3,5-6,8-15,29,35H,4,7,16-26H2,(H,36,38). The predicted octanol–water partition coefficient (Wildman–Crippen LogP) is 5.14. The van der Waals surface area contributed by atoms with Crippen LogP contribution in [0.3, 0.4) is 0 Å². The lowest BCUT2D eigenvalue weighted by Crippen LogP contribution is -2.38. The molecule has 208 valence electrons. The maximum Gasteiger partial charge on any atom is 0.246 e. The van der Waals surface area contributed by atoms with Gasteiger partial charge < -0.3 is 20.3 Å². The topological polar surface area (TPSA) is 53.6 Å². The van der Waals surface area contributed by atoms with Crippen molar-refractivity contribution in [1.29, 1.82) is 0 Å². The Morgan fingerprint density at radius 3 is 2.28 bits per heavy atom. The first-order chi connectivity index (χ1) is 19.1. The van der Waals surface area contributed by atoms with Gasteiger partial charge in [0.2, 0.25) is 5.91 Å². The highest BCUT2D eigenvalue weighted by Gasteiger charge is 2.18. The van der Waals surface area contributed by atoms with Gasteiger partial charge >= 0.3 is 0 Å². The number of benzene rings is 3. The van der Waals surface area contributed by atoms with Gasteiger partial charge in [-0.05, 0) is 85.5 Å². The number of nitrogens with one attached hydrogen (secondary N) is 2. The number of aryl methyl sites for hydroxylation is 1. The number of carbonyl (C=O) groups is 1. The van der Waals surface area contributed by atoms with E-state index in [1.54, 1.807) is 12.1 Å². The number of piperidine rings is 1. The zero-order valence-electron chi connectivity index (χ0n) is 22.9. The first-order valence-corrected chi connectivity index (χ1v) is 14.3. The number of halogens is 1. The lowest BCUT2D eigenvalue weighted by molar-refractivity contribution is -0.126. The Balaban J connectivity index is 1.00. The van der Waals surface area contributed by atoms with Gasteiger partial charge in [-0.1, -0.05) is 66.7 Å². The number of amides is 1. The zero-order chi connectivity index (χ0) is 27.1. The number of hydrogen-bond donors (Lipinski definition) is 2. The van der Waals surface area contributed by atoms with Crippen LogP contribution in [0.15, 0.2) is 78.9 Å². The molecule has 0 saturated carbocycles. The second-order valence-electron chi connectivity index (χ2n) is 10.5. The van der Waals surface area contributed by atoms with Crippen LogP contribution in [0.2, 0.25) is 0 Å². The van der Waals surface area contributed by atoms with Gasteiger partial charge in [0.25, 0.3) is 0 Å². The summed E-state index contributed by atoms with van der Waals surface area (Å²) in [6.07, 6.45) is 5.61. The summed E-state index contributed by atoms with van der Waals surface area (Å²) in [4.78, 5) is 14.5. The molecule has 0 spiro atoms. The highest BCUT2D eigenvalue weighted by atomic mass is 19.1. The Morgan fingerprint density at radius 2 is 1.54 bits per heavy atom. The molecule has 1 heterocycles. The van der Waals surface area contributed by atoms with Crippen molar-refractivity contribution in [2.45, 2.75) is 45.3 Å². The Labute approximate surface area is 232 Å². The molecule has 1 amide bonds. The SMILES string of the molecule is O=C(COCc1ccc(F)cc1)NCCCc1ccc(CNCCN2CCC(Cc3ccccc3)CC2)cc1. The van der Waals surface area contributed by atoms with Crippen LogP contribution >= 0.6 is 0 Å². The molecule has 0 unspecified atom stereocenters. The third-order valence-electron chi connectivity index (χ3n) is 7.41. The van der Waals surface area contributed by atoms with Crippen LogP contribution in [-0.4, -0.2) is 50.1 Å². The first kappa shape index (κ1) is 28.9. The quantitative estimate of drug-likeness (QED) is 0.267. The second-order valence-corrected chi connectivity index (χ2v) is 10.5. The number of rotatable bonds is 15. The molecular formula is C33H42FN3O2. The largest absolute Gasteiger partial charge is 0.367 e. The van der Waals surface area contributed by atoms with Crippen LogP contribution in [0.5, 0.6) is 0 Å². The average Bonchev–Trinajstić information content (AvgIpc) is 2.97. The fourth-order valence-electron chi connectivity index (χ4n) is 5.07. The van der Waals surface area contributed by atoms with E-state index in [2.05, 4.69) is 70.1 Å². The molecule has 1 fully saturated rings. The highest BCUT2D eigenvalue weighted by Crippen LogP contribution is 2.21. The number of nitrogens with zero attached hydrogens (tertiary/aromatic N) is 1. The molecule has 1 aliphatic rings. The van der Waals surface area contributed by atoms with Crippen molar-refractivity contribution in [3.05, 3.63) is 107 Å². The van der Waals surface area contributed by atoms with Crippen molar-refractivity contribution in [2.24, 2.45) is 5.92 Å². The average molecular weight is 532 g/mol. The van der Waals surface area contributed by atoms with Crippen molar-refractivity contribution in [3.63, 3.8) is 0 Å². The lowest BCUT2D eigenvalue weighted by atomic mass is 9.90. The van der Waals surface area contributed by atoms with Crippen molar-refractivity contribution in [3.8, 4) is 0 Å². The normalized spacial score (nSPS) is 14.4. The molecule has 1 saturated heterocycles. The van der Waals surface area contributed by atoms with E-state index >= 15 is 0 Å². The fraction of sp³-hybridized carbons (Fsp3) is 0.424. The first-order valence-electron chi connectivity index (χ1n) is 14.3. The van der Waals surface area contributed by atoms with Crippen LogP contribution in [0, 0.1) is 11.7 Å². The van der Waals surface area contributed by atoms with Crippen molar-refractivity contribution in [1.82, 2.24) is 15.5 Å². The molecule has 0 bridgehead atoms. The third-order valence-corrected chi connectivity index (χ3v) is 7.41. The van der Waals surface area contributed by atoms with E-state index in [1.165, 1.54) is 61.2 Å². The van der Waals surface area contributed by atoms with E-state index in [0.29, 0.717) is 13.2 Å². The smallest absolute Gasteiger partial charge is 0.246 e. The van der Waals surface area contributed by atoms with Crippen LogP contribution in [0.1, 0.15) is 41.5 Å². The molecule has 0 radical (unpaired) electrons. The van der Waals surface area contributed by atoms with E-state index in [4.69, 9.17) is 4.74 Å². The van der Waals surface area contributed by atoms with Gasteiger partial charge in [0.15, 0.2) is 0 Å². The minimum Gasteiger partial charge on any atom is -0.367 e. The molecule has 39 heavy (non-hydrogen) atoms. The Morgan fingerprint density at radius 1 is 0.846 bits per heavy atom. The number of hydrogen-bond acceptors (Lipinski definition) is 4. The molecule has 3 aromatic carbocycles. The zero-order valence-corrected chi connectivity index (χ0v) is 22.9. The minimum atomic E-state index is -0.278. The maximum absolute atomic E-state index is 12.9. The van der Waals surface area contributed by atoms with E-state index in [1.807, 2.05) is 0 Å². The van der Waals surface area contributed by atoms with Gasteiger partial charge in [-0.3, -0.25) is 4.79 Å². The van der Waals surface area contributed by atoms with Crippen LogP contribution in [-0.2, 0) is 35.5 Å². The molecule has 4 rings (SSSR count). The summed E-state index contributed by atoms with van der Waals surface area (Å²) in [7, 11) is 0. The van der Waals surface area contributed by atoms with Crippen molar-refractivity contribution >= 4 is 5.91 Å². The molecule has 1 aliphatic heterocycles. The van der Waals surface area contributed by atoms with Crippen LogP contribution in [0.25, 0.3) is 0 Å². The molecule has 0 aromatic heterocycles. The summed E-state index contributed by atoms with van der Waals surface area (Å²) in [6, 6.07) is 25.7. The molecule has 3 aromatic rings. The lowest BCUT2D eigenvalue weighted by Gasteiger charge is -2.32. The Kier molecular flexibility index (Phi) is 12.0. The van der Waals surface area contributed by atoms with Crippen LogP contribution < -0.4 is 10.6 Å². The summed E-state index contributed by atoms with van der Waals surface area (Å²) >= 11 is 0. The third kappa shape index (κ3) is 10.9. The fourth-order valence-corrected chi connectivity index (χ4v) is 5.07. The predicted molar refractivity (Wildman–Crippen MR) is 155 cm³/mol. The second kappa shape index (κ2) is 16.1. The summed E-state index contributed by atoms with van der Waals surface area (Å²) < 4.78 is 18.3.